The van der Waals surface area contributed by atoms with E-state index >= 15 is 0 Å². The van der Waals surface area contributed by atoms with Gasteiger partial charge in [-0.3, -0.25) is 4.79 Å². The molecule has 2 rings (SSSR count). The molecule has 0 aliphatic rings. The van der Waals surface area contributed by atoms with Crippen molar-refractivity contribution in [1.82, 2.24) is 4.72 Å². The highest BCUT2D eigenvalue weighted by molar-refractivity contribution is 9.10. The first-order chi connectivity index (χ1) is 14.2. The summed E-state index contributed by atoms with van der Waals surface area (Å²) in [5.41, 5.74) is 2.72. The summed E-state index contributed by atoms with van der Waals surface area (Å²) in [5.74, 6) is -0.0910. The Morgan fingerprint density at radius 1 is 1.20 bits per heavy atom. The molecule has 0 spiro atoms. The second-order valence-electron chi connectivity index (χ2n) is 6.79. The van der Waals surface area contributed by atoms with E-state index in [1.807, 2.05) is 32.9 Å². The third-order valence-corrected chi connectivity index (χ3v) is 6.63. The van der Waals surface area contributed by atoms with Crippen LogP contribution in [-0.2, 0) is 21.2 Å². The Labute approximate surface area is 191 Å². The first kappa shape index (κ1) is 24.7. The van der Waals surface area contributed by atoms with Gasteiger partial charge in [0.1, 0.15) is 5.75 Å². The van der Waals surface area contributed by atoms with E-state index in [9.17, 15) is 13.2 Å². The lowest BCUT2D eigenvalue weighted by Crippen LogP contribution is -2.24. The van der Waals surface area contributed by atoms with Crippen molar-refractivity contribution in [2.75, 3.05) is 18.5 Å². The van der Waals surface area contributed by atoms with E-state index in [-0.39, 0.29) is 28.2 Å². The fourth-order valence-corrected chi connectivity index (χ4v) is 4.84. The predicted molar refractivity (Wildman–Crippen MR) is 124 cm³/mol. The highest BCUT2D eigenvalue weighted by Crippen LogP contribution is 2.28. The number of aryl methyl sites for hydroxylation is 2. The number of hydrogen-bond donors (Lipinski definition) is 2. The van der Waals surface area contributed by atoms with E-state index in [1.165, 1.54) is 18.2 Å². The number of benzene rings is 2. The van der Waals surface area contributed by atoms with Crippen LogP contribution < -0.4 is 14.8 Å². The molecule has 0 bridgehead atoms. The fraction of sp³-hybridized carbons (Fsp3) is 0.381. The highest BCUT2D eigenvalue weighted by Gasteiger charge is 2.16. The quantitative estimate of drug-likeness (QED) is 0.431. The number of carbonyl (C=O) groups excluding carboxylic acids is 1. The zero-order valence-corrected chi connectivity index (χ0v) is 20.4. The van der Waals surface area contributed by atoms with Gasteiger partial charge < -0.3 is 10.1 Å². The molecule has 0 radical (unpaired) electrons. The Kier molecular flexibility index (Phi) is 9.15. The van der Waals surface area contributed by atoms with Crippen LogP contribution in [0.25, 0.3) is 0 Å². The Morgan fingerprint density at radius 3 is 2.57 bits per heavy atom. The predicted octanol–water partition coefficient (Wildman–Crippen LogP) is 5.07. The van der Waals surface area contributed by atoms with Crippen LogP contribution in [0, 0.1) is 6.92 Å². The lowest BCUT2D eigenvalue weighted by Gasteiger charge is -2.15. The molecule has 0 heterocycles. The van der Waals surface area contributed by atoms with Gasteiger partial charge in [-0.05, 0) is 61.2 Å². The lowest BCUT2D eigenvalue weighted by atomic mass is 10.1. The average molecular weight is 518 g/mol. The minimum atomic E-state index is -3.63. The SMILES string of the molecule is CCCCNS(=O)(=O)c1ccc(OCC(=O)Nc2c(C)cc(Br)cc2CC)c(Cl)c1. The normalized spacial score (nSPS) is 11.4. The minimum absolute atomic E-state index is 0.0541. The van der Waals surface area contributed by atoms with Gasteiger partial charge in [0.15, 0.2) is 6.61 Å². The van der Waals surface area contributed by atoms with Crippen LogP contribution in [0.2, 0.25) is 5.02 Å². The molecule has 2 N–H and O–H groups in total. The van der Waals surface area contributed by atoms with Crippen LogP contribution in [0.5, 0.6) is 5.75 Å². The van der Waals surface area contributed by atoms with Gasteiger partial charge >= 0.3 is 0 Å². The largest absolute Gasteiger partial charge is 0.482 e. The molecule has 0 atom stereocenters. The van der Waals surface area contributed by atoms with Crippen LogP contribution in [0.15, 0.2) is 39.7 Å². The maximum Gasteiger partial charge on any atom is 0.262 e. The number of anilines is 1. The van der Waals surface area contributed by atoms with Crippen molar-refractivity contribution in [2.24, 2.45) is 0 Å². The number of sulfonamides is 1. The van der Waals surface area contributed by atoms with E-state index in [2.05, 4.69) is 26.0 Å². The van der Waals surface area contributed by atoms with E-state index < -0.39 is 10.0 Å². The van der Waals surface area contributed by atoms with Gasteiger partial charge in [0.25, 0.3) is 5.91 Å². The van der Waals surface area contributed by atoms with E-state index in [4.69, 9.17) is 16.3 Å². The standard InChI is InChI=1S/C21H26BrClN2O4S/c1-4-6-9-24-30(27,28)17-7-8-19(18(23)12-17)29-13-20(26)25-21-14(3)10-16(22)11-15(21)5-2/h7-8,10-12,24H,4-6,9,13H2,1-3H3,(H,25,26). The molecule has 30 heavy (non-hydrogen) atoms. The third kappa shape index (κ3) is 6.70. The maximum atomic E-state index is 12.4. The van der Waals surface area contributed by atoms with Crippen LogP contribution in [-0.4, -0.2) is 27.5 Å². The average Bonchev–Trinajstić information content (AvgIpc) is 2.68. The van der Waals surface area contributed by atoms with Crippen LogP contribution in [0.4, 0.5) is 5.69 Å². The number of hydrogen-bond acceptors (Lipinski definition) is 4. The smallest absolute Gasteiger partial charge is 0.262 e. The molecule has 0 saturated heterocycles. The molecule has 2 aromatic rings. The molecule has 2 aromatic carbocycles. The first-order valence-corrected chi connectivity index (χ1v) is 12.3. The fourth-order valence-electron chi connectivity index (χ4n) is 2.82. The summed E-state index contributed by atoms with van der Waals surface area (Å²) >= 11 is 9.64. The zero-order chi connectivity index (χ0) is 22.3. The second-order valence-corrected chi connectivity index (χ2v) is 9.88. The maximum absolute atomic E-state index is 12.4. The summed E-state index contributed by atoms with van der Waals surface area (Å²) in [6.45, 7) is 6.03. The first-order valence-electron chi connectivity index (χ1n) is 9.68. The van der Waals surface area contributed by atoms with Crippen LogP contribution >= 0.6 is 27.5 Å². The summed E-state index contributed by atoms with van der Waals surface area (Å²) < 4.78 is 33.5. The lowest BCUT2D eigenvalue weighted by molar-refractivity contribution is -0.118. The van der Waals surface area contributed by atoms with E-state index in [1.54, 1.807) is 0 Å². The summed E-state index contributed by atoms with van der Waals surface area (Å²) in [4.78, 5) is 12.4. The van der Waals surface area contributed by atoms with Crippen LogP contribution in [0.1, 0.15) is 37.8 Å². The summed E-state index contributed by atoms with van der Waals surface area (Å²) in [7, 11) is -3.63. The van der Waals surface area contributed by atoms with Gasteiger partial charge in [-0.2, -0.15) is 0 Å². The number of nitrogens with one attached hydrogen (secondary N) is 2. The minimum Gasteiger partial charge on any atom is -0.482 e. The number of carbonyl (C=O) groups is 1. The number of amides is 1. The summed E-state index contributed by atoms with van der Waals surface area (Å²) in [6, 6.07) is 8.07. The molecule has 1 amide bonds. The molecule has 0 fully saturated rings. The molecule has 164 valence electrons. The molecule has 9 heteroatoms. The monoisotopic (exact) mass is 516 g/mol. The van der Waals surface area contributed by atoms with Gasteiger partial charge in [-0.25, -0.2) is 13.1 Å². The van der Waals surface area contributed by atoms with E-state index in [0.29, 0.717) is 6.54 Å². The van der Waals surface area contributed by atoms with Crippen molar-refractivity contribution in [3.05, 3.63) is 51.0 Å². The van der Waals surface area contributed by atoms with Crippen molar-refractivity contribution >= 4 is 49.1 Å². The molecule has 6 nitrogen and oxygen atoms in total. The van der Waals surface area contributed by atoms with Crippen molar-refractivity contribution in [3.63, 3.8) is 0 Å². The number of halogens is 2. The number of rotatable bonds is 10. The molecule has 0 saturated carbocycles. The number of unbranched alkanes of at least 4 members (excludes halogenated alkanes) is 1. The van der Waals surface area contributed by atoms with Crippen LogP contribution in [0.3, 0.4) is 0 Å². The summed E-state index contributed by atoms with van der Waals surface area (Å²) in [6.07, 6.45) is 2.41. The van der Waals surface area contributed by atoms with E-state index in [0.717, 1.165) is 40.5 Å². The van der Waals surface area contributed by atoms with Gasteiger partial charge in [-0.1, -0.05) is 47.8 Å². The van der Waals surface area contributed by atoms with Gasteiger partial charge in [0.05, 0.1) is 9.92 Å². The second kappa shape index (κ2) is 11.1. The zero-order valence-electron chi connectivity index (χ0n) is 17.2. The molecular weight excluding hydrogens is 492 g/mol. The van der Waals surface area contributed by atoms with Crippen molar-refractivity contribution in [1.29, 1.82) is 0 Å². The van der Waals surface area contributed by atoms with Gasteiger partial charge in [-0.15, -0.1) is 0 Å². The number of ether oxygens (including phenoxy) is 1. The van der Waals surface area contributed by atoms with Crippen molar-refractivity contribution in [2.45, 2.75) is 44.9 Å². The molecule has 0 aliphatic carbocycles. The summed E-state index contributed by atoms with van der Waals surface area (Å²) in [5, 5.41) is 3.00. The Balaban J connectivity index is 2.04. The molecule has 0 aromatic heterocycles. The topological polar surface area (TPSA) is 84.5 Å². The third-order valence-electron chi connectivity index (χ3n) is 4.42. The van der Waals surface area contributed by atoms with Gasteiger partial charge in [0.2, 0.25) is 10.0 Å². The molecule has 0 aliphatic heterocycles. The van der Waals surface area contributed by atoms with Crippen molar-refractivity contribution in [3.8, 4) is 5.75 Å². The Morgan fingerprint density at radius 2 is 1.93 bits per heavy atom. The Hall–Kier alpha value is -1.61. The molecular formula is C21H26BrClN2O4S. The van der Waals surface area contributed by atoms with Gasteiger partial charge in [0, 0.05) is 16.7 Å². The highest BCUT2D eigenvalue weighted by atomic mass is 79.9. The molecule has 0 unspecified atom stereocenters. The van der Waals surface area contributed by atoms with Crippen molar-refractivity contribution < 1.29 is 17.9 Å². The Bertz CT molecular complexity index is 1010.